The van der Waals surface area contributed by atoms with Crippen molar-refractivity contribution in [1.82, 2.24) is 4.98 Å². The molecule has 1 aromatic heterocycles. The number of hydrogen-bond donors (Lipinski definition) is 1. The summed E-state index contributed by atoms with van der Waals surface area (Å²) in [5.74, 6) is -0.578. The Labute approximate surface area is 177 Å². The first kappa shape index (κ1) is 20.5. The molecular weight excluding hydrogens is 428 g/mol. The standard InChI is InChI=1S/C19H18N4O5S2/c20-9-14-10-21-19(29-14)22-18(24)17(23-28-13-7-8-27-11-13)12-1-3-15(4-2-12)30(25,26)16-5-6-16/h1-4,10,13,16H,5-8,11H2,(H,21,22,24)/b23-17+/t13-/m1/s1. The van der Waals surface area contributed by atoms with E-state index in [0.717, 1.165) is 11.3 Å². The number of anilines is 1. The number of carbonyl (C=O) groups excluding carboxylic acids is 1. The van der Waals surface area contributed by atoms with E-state index in [1.165, 1.54) is 30.5 Å². The summed E-state index contributed by atoms with van der Waals surface area (Å²) >= 11 is 1.03. The highest BCUT2D eigenvalue weighted by molar-refractivity contribution is 7.92. The maximum atomic E-state index is 12.8. The molecule has 30 heavy (non-hydrogen) atoms. The normalized spacial score (nSPS) is 19.3. The summed E-state index contributed by atoms with van der Waals surface area (Å²) in [4.78, 5) is 22.9. The number of amides is 1. The van der Waals surface area contributed by atoms with E-state index in [4.69, 9.17) is 14.8 Å². The fourth-order valence-corrected chi connectivity index (χ4v) is 5.13. The fraction of sp³-hybridized carbons (Fsp3) is 0.368. The number of thiazole rings is 1. The molecule has 2 aromatic rings. The number of hydrogen-bond acceptors (Lipinski definition) is 9. The molecule has 9 nitrogen and oxygen atoms in total. The van der Waals surface area contributed by atoms with Gasteiger partial charge in [0.25, 0.3) is 5.91 Å². The van der Waals surface area contributed by atoms with Crippen LogP contribution in [0.15, 0.2) is 40.5 Å². The van der Waals surface area contributed by atoms with Gasteiger partial charge in [-0.25, -0.2) is 13.4 Å². The Bertz CT molecular complexity index is 1110. The van der Waals surface area contributed by atoms with Gasteiger partial charge in [-0.1, -0.05) is 28.6 Å². The number of oxime groups is 1. The number of carbonyl (C=O) groups is 1. The van der Waals surface area contributed by atoms with Gasteiger partial charge in [0.15, 0.2) is 26.8 Å². The Morgan fingerprint density at radius 3 is 2.67 bits per heavy atom. The number of benzene rings is 1. The maximum Gasteiger partial charge on any atom is 0.280 e. The first-order valence-corrected chi connectivity index (χ1v) is 11.7. The molecule has 2 fully saturated rings. The molecule has 2 aliphatic rings. The first-order chi connectivity index (χ1) is 14.5. The molecule has 1 saturated heterocycles. The second-order valence-corrected chi connectivity index (χ2v) is 10.2. The van der Waals surface area contributed by atoms with Crippen LogP contribution in [0.5, 0.6) is 0 Å². The van der Waals surface area contributed by atoms with Gasteiger partial charge < -0.3 is 9.57 Å². The minimum absolute atomic E-state index is 0.0222. The Balaban J connectivity index is 1.58. The molecule has 0 bridgehead atoms. The molecule has 1 atom stereocenters. The van der Waals surface area contributed by atoms with Crippen LogP contribution < -0.4 is 5.32 Å². The van der Waals surface area contributed by atoms with Crippen LogP contribution in [-0.4, -0.2) is 49.6 Å². The van der Waals surface area contributed by atoms with E-state index >= 15 is 0 Å². The Morgan fingerprint density at radius 1 is 1.30 bits per heavy atom. The molecular formula is C19H18N4O5S2. The minimum Gasteiger partial charge on any atom is -0.389 e. The molecule has 2 heterocycles. The minimum atomic E-state index is -3.33. The van der Waals surface area contributed by atoms with Gasteiger partial charge in [0, 0.05) is 12.0 Å². The zero-order chi connectivity index (χ0) is 21.1. The van der Waals surface area contributed by atoms with Crippen LogP contribution in [0.4, 0.5) is 5.13 Å². The topological polar surface area (TPSA) is 131 Å². The van der Waals surface area contributed by atoms with Crippen LogP contribution in [0.3, 0.4) is 0 Å². The molecule has 156 valence electrons. The van der Waals surface area contributed by atoms with Crippen molar-refractivity contribution in [3.63, 3.8) is 0 Å². The predicted molar refractivity (Wildman–Crippen MR) is 109 cm³/mol. The second kappa shape index (κ2) is 8.51. The summed E-state index contributed by atoms with van der Waals surface area (Å²) in [5, 5.41) is 15.5. The number of ether oxygens (including phenoxy) is 1. The second-order valence-electron chi connectivity index (χ2n) is 6.90. The van der Waals surface area contributed by atoms with Crippen molar-refractivity contribution in [3.8, 4) is 6.07 Å². The molecule has 11 heteroatoms. The molecule has 0 unspecified atom stereocenters. The van der Waals surface area contributed by atoms with E-state index in [0.29, 0.717) is 42.9 Å². The van der Waals surface area contributed by atoms with Crippen molar-refractivity contribution >= 4 is 37.9 Å². The van der Waals surface area contributed by atoms with Crippen molar-refractivity contribution in [2.24, 2.45) is 5.16 Å². The predicted octanol–water partition coefficient (Wildman–Crippen LogP) is 2.10. The molecule has 1 saturated carbocycles. The van der Waals surface area contributed by atoms with Gasteiger partial charge in [0.1, 0.15) is 10.9 Å². The van der Waals surface area contributed by atoms with E-state index in [1.807, 2.05) is 6.07 Å². The smallest absolute Gasteiger partial charge is 0.280 e. The molecule has 4 rings (SSSR count). The van der Waals surface area contributed by atoms with E-state index in [-0.39, 0.29) is 27.1 Å². The highest BCUT2D eigenvalue weighted by Gasteiger charge is 2.36. The van der Waals surface area contributed by atoms with Crippen LogP contribution in [0.2, 0.25) is 0 Å². The number of nitriles is 1. The largest absolute Gasteiger partial charge is 0.389 e. The third kappa shape index (κ3) is 4.51. The lowest BCUT2D eigenvalue weighted by atomic mass is 10.1. The first-order valence-electron chi connectivity index (χ1n) is 9.30. The lowest BCUT2D eigenvalue weighted by Crippen LogP contribution is -2.25. The number of nitrogens with zero attached hydrogens (tertiary/aromatic N) is 3. The number of nitrogens with one attached hydrogen (secondary N) is 1. The molecule has 1 aliphatic carbocycles. The number of aromatic nitrogens is 1. The highest BCUT2D eigenvalue weighted by Crippen LogP contribution is 2.33. The SMILES string of the molecule is N#Cc1cnc(NC(=O)/C(=N/O[C@@H]2CCOC2)c2ccc(S(=O)(=O)C3CC3)cc2)s1. The summed E-state index contributed by atoms with van der Waals surface area (Å²) in [7, 11) is -3.33. The molecule has 0 spiro atoms. The van der Waals surface area contributed by atoms with Gasteiger partial charge >= 0.3 is 0 Å². The number of rotatable bonds is 7. The van der Waals surface area contributed by atoms with Crippen molar-refractivity contribution in [2.45, 2.75) is 35.5 Å². The summed E-state index contributed by atoms with van der Waals surface area (Å²) in [6, 6.07) is 7.97. The van der Waals surface area contributed by atoms with Crippen LogP contribution >= 0.6 is 11.3 Å². The lowest BCUT2D eigenvalue weighted by molar-refractivity contribution is -0.110. The van der Waals surface area contributed by atoms with Crippen molar-refractivity contribution < 1.29 is 22.8 Å². The highest BCUT2D eigenvalue weighted by atomic mass is 32.2. The van der Waals surface area contributed by atoms with Crippen LogP contribution in [0.1, 0.15) is 29.7 Å². The lowest BCUT2D eigenvalue weighted by Gasteiger charge is -2.10. The Morgan fingerprint density at radius 2 is 2.07 bits per heavy atom. The van der Waals surface area contributed by atoms with Crippen molar-refractivity contribution in [1.29, 1.82) is 5.26 Å². The van der Waals surface area contributed by atoms with Gasteiger partial charge in [-0.3, -0.25) is 10.1 Å². The van der Waals surface area contributed by atoms with Gasteiger partial charge in [0.2, 0.25) is 0 Å². The van der Waals surface area contributed by atoms with E-state index in [9.17, 15) is 13.2 Å². The average Bonchev–Trinajstić information content (AvgIpc) is 3.31. The molecule has 0 radical (unpaired) electrons. The van der Waals surface area contributed by atoms with Crippen molar-refractivity contribution in [2.75, 3.05) is 18.5 Å². The van der Waals surface area contributed by atoms with Gasteiger partial charge in [-0.2, -0.15) is 5.26 Å². The third-order valence-electron chi connectivity index (χ3n) is 4.65. The van der Waals surface area contributed by atoms with Gasteiger partial charge in [0.05, 0.1) is 29.6 Å². The van der Waals surface area contributed by atoms with Gasteiger partial charge in [-0.05, 0) is 25.0 Å². The number of sulfone groups is 1. The van der Waals surface area contributed by atoms with Crippen LogP contribution in [0, 0.1) is 11.3 Å². The van der Waals surface area contributed by atoms with Gasteiger partial charge in [-0.15, -0.1) is 0 Å². The maximum absolute atomic E-state index is 12.8. The molecule has 1 N–H and O–H groups in total. The molecule has 1 amide bonds. The third-order valence-corrected chi connectivity index (χ3v) is 7.75. The molecule has 1 aliphatic heterocycles. The quantitative estimate of drug-likeness (QED) is 0.509. The van der Waals surface area contributed by atoms with E-state index < -0.39 is 15.7 Å². The summed E-state index contributed by atoms with van der Waals surface area (Å²) in [6.07, 6.45) is 3.12. The van der Waals surface area contributed by atoms with Crippen molar-refractivity contribution in [3.05, 3.63) is 40.9 Å². The van der Waals surface area contributed by atoms with Crippen LogP contribution in [0.25, 0.3) is 0 Å². The Kier molecular flexibility index (Phi) is 5.80. The van der Waals surface area contributed by atoms with Crippen LogP contribution in [-0.2, 0) is 24.2 Å². The van der Waals surface area contributed by atoms with E-state index in [2.05, 4.69) is 15.5 Å². The summed E-state index contributed by atoms with van der Waals surface area (Å²) < 4.78 is 30.0. The zero-order valence-electron chi connectivity index (χ0n) is 15.8. The fourth-order valence-electron chi connectivity index (χ4n) is 2.86. The Hall–Kier alpha value is -2.81. The van der Waals surface area contributed by atoms with E-state index in [1.54, 1.807) is 0 Å². The summed E-state index contributed by atoms with van der Waals surface area (Å²) in [5.41, 5.74) is 0.379. The summed E-state index contributed by atoms with van der Waals surface area (Å²) in [6.45, 7) is 0.945. The average molecular weight is 447 g/mol. The monoisotopic (exact) mass is 446 g/mol. The molecule has 1 aromatic carbocycles. The zero-order valence-corrected chi connectivity index (χ0v) is 17.4.